The predicted octanol–water partition coefficient (Wildman–Crippen LogP) is 1.45. The minimum Gasteiger partial charge on any atom is -0.357 e. The number of hydrogen-bond acceptors (Lipinski definition) is 3. The second-order valence-corrected chi connectivity index (χ2v) is 5.25. The van der Waals surface area contributed by atoms with Gasteiger partial charge in [0.1, 0.15) is 12.4 Å². The maximum Gasteiger partial charge on any atom is 0.191 e. The van der Waals surface area contributed by atoms with E-state index in [0.29, 0.717) is 12.6 Å². The number of nitrogens with zero attached hydrogens (tertiary/aromatic N) is 4. The maximum absolute atomic E-state index is 4.62. The topological polar surface area (TPSA) is 67.1 Å². The molecule has 2 heterocycles. The fourth-order valence-electron chi connectivity index (χ4n) is 2.38. The van der Waals surface area contributed by atoms with Gasteiger partial charge in [-0.15, -0.1) is 34.2 Å². The van der Waals surface area contributed by atoms with Gasteiger partial charge in [0.15, 0.2) is 11.8 Å². The molecule has 2 aliphatic rings. The molecule has 0 unspecified atom stereocenters. The first-order valence-electron chi connectivity index (χ1n) is 7.32. The lowest BCUT2D eigenvalue weighted by Gasteiger charge is -2.14. The minimum absolute atomic E-state index is 0. The first-order valence-corrected chi connectivity index (χ1v) is 7.32. The molecular formula is C13H23IN6. The van der Waals surface area contributed by atoms with Crippen LogP contribution in [0.3, 0.4) is 0 Å². The molecular weight excluding hydrogens is 367 g/mol. The largest absolute Gasteiger partial charge is 0.357 e. The summed E-state index contributed by atoms with van der Waals surface area (Å²) in [5.41, 5.74) is 0. The van der Waals surface area contributed by atoms with Gasteiger partial charge in [-0.3, -0.25) is 0 Å². The molecule has 0 bridgehead atoms. The Balaban J connectivity index is 0.00000147. The molecule has 6 nitrogen and oxygen atoms in total. The number of fused-ring (bicyclic) bond motifs is 1. The number of rotatable bonds is 4. The van der Waals surface area contributed by atoms with Crippen LogP contribution in [0, 0.1) is 0 Å². The zero-order chi connectivity index (χ0) is 13.1. The molecule has 1 aromatic rings. The third-order valence-corrected chi connectivity index (χ3v) is 3.58. The lowest BCUT2D eigenvalue weighted by molar-refractivity contribution is 0.508. The van der Waals surface area contributed by atoms with Gasteiger partial charge in [-0.2, -0.15) is 0 Å². The van der Waals surface area contributed by atoms with Gasteiger partial charge in [-0.05, 0) is 32.6 Å². The monoisotopic (exact) mass is 390 g/mol. The Hall–Kier alpha value is -0.860. The van der Waals surface area contributed by atoms with Gasteiger partial charge in [0, 0.05) is 25.6 Å². The standard InChI is InChI=1S/C13H22N6.HI/c1-2-14-13(16-10-6-7-10)15-9-12-18-17-11-5-3-4-8-19(11)12;/h10H,2-9H2,1H3,(H2,14,15,16);1H. The van der Waals surface area contributed by atoms with Crippen LogP contribution in [-0.2, 0) is 19.5 Å². The Kier molecular flexibility index (Phi) is 5.62. The molecule has 0 spiro atoms. The van der Waals surface area contributed by atoms with Crippen LogP contribution in [0.1, 0.15) is 44.3 Å². The normalized spacial score (nSPS) is 18.1. The summed E-state index contributed by atoms with van der Waals surface area (Å²) in [4.78, 5) is 4.62. The van der Waals surface area contributed by atoms with Gasteiger partial charge in [-0.25, -0.2) is 4.99 Å². The third-order valence-electron chi connectivity index (χ3n) is 3.58. The van der Waals surface area contributed by atoms with Crippen molar-refractivity contribution in [3.63, 3.8) is 0 Å². The Morgan fingerprint density at radius 2 is 2.20 bits per heavy atom. The van der Waals surface area contributed by atoms with Gasteiger partial charge in [-0.1, -0.05) is 0 Å². The molecule has 0 amide bonds. The molecule has 1 aliphatic carbocycles. The summed E-state index contributed by atoms with van der Waals surface area (Å²) in [5, 5.41) is 15.2. The van der Waals surface area contributed by atoms with E-state index in [4.69, 9.17) is 0 Å². The maximum atomic E-state index is 4.62. The second-order valence-electron chi connectivity index (χ2n) is 5.25. The molecule has 1 fully saturated rings. The van der Waals surface area contributed by atoms with E-state index in [-0.39, 0.29) is 24.0 Å². The first kappa shape index (κ1) is 15.5. The average Bonchev–Trinajstić information content (AvgIpc) is 3.15. The van der Waals surface area contributed by atoms with Crippen LogP contribution in [0.5, 0.6) is 0 Å². The van der Waals surface area contributed by atoms with Crippen molar-refractivity contribution in [1.82, 2.24) is 25.4 Å². The summed E-state index contributed by atoms with van der Waals surface area (Å²) < 4.78 is 2.23. The molecule has 0 atom stereocenters. The number of aliphatic imine (C=N–C) groups is 1. The van der Waals surface area contributed by atoms with Crippen LogP contribution in [0.25, 0.3) is 0 Å². The van der Waals surface area contributed by atoms with Gasteiger partial charge in [0.2, 0.25) is 0 Å². The first-order chi connectivity index (χ1) is 9.36. The van der Waals surface area contributed by atoms with Crippen LogP contribution < -0.4 is 10.6 Å². The Morgan fingerprint density at radius 3 is 2.95 bits per heavy atom. The smallest absolute Gasteiger partial charge is 0.191 e. The van der Waals surface area contributed by atoms with Crippen molar-refractivity contribution in [3.05, 3.63) is 11.6 Å². The highest BCUT2D eigenvalue weighted by atomic mass is 127. The van der Waals surface area contributed by atoms with E-state index >= 15 is 0 Å². The van der Waals surface area contributed by atoms with Crippen LogP contribution in [0.15, 0.2) is 4.99 Å². The van der Waals surface area contributed by atoms with Crippen LogP contribution >= 0.6 is 24.0 Å². The van der Waals surface area contributed by atoms with E-state index in [1.807, 2.05) is 0 Å². The van der Waals surface area contributed by atoms with E-state index in [2.05, 4.69) is 37.3 Å². The highest BCUT2D eigenvalue weighted by Crippen LogP contribution is 2.18. The zero-order valence-electron chi connectivity index (χ0n) is 11.9. The summed E-state index contributed by atoms with van der Waals surface area (Å²) in [6.07, 6.45) is 6.02. The molecule has 1 aromatic heterocycles. The Bertz CT molecular complexity index is 465. The molecule has 7 heteroatoms. The SMILES string of the molecule is CCNC(=NCc1nnc2n1CCCC2)NC1CC1.I. The minimum atomic E-state index is 0. The van der Waals surface area contributed by atoms with E-state index in [1.165, 1.54) is 25.7 Å². The van der Waals surface area contributed by atoms with Crippen molar-refractivity contribution < 1.29 is 0 Å². The van der Waals surface area contributed by atoms with Crippen molar-refractivity contribution in [1.29, 1.82) is 0 Å². The Labute approximate surface area is 136 Å². The second kappa shape index (κ2) is 7.24. The lowest BCUT2D eigenvalue weighted by atomic mass is 10.2. The fraction of sp³-hybridized carbons (Fsp3) is 0.769. The van der Waals surface area contributed by atoms with Crippen molar-refractivity contribution in [2.75, 3.05) is 6.54 Å². The van der Waals surface area contributed by atoms with Gasteiger partial charge in [0.25, 0.3) is 0 Å². The van der Waals surface area contributed by atoms with Crippen LogP contribution in [0.4, 0.5) is 0 Å². The molecule has 3 rings (SSSR count). The van der Waals surface area contributed by atoms with E-state index in [0.717, 1.165) is 37.1 Å². The van der Waals surface area contributed by atoms with Crippen molar-refractivity contribution in [3.8, 4) is 0 Å². The number of nitrogens with one attached hydrogen (secondary N) is 2. The summed E-state index contributed by atoms with van der Waals surface area (Å²) in [6, 6.07) is 0.616. The zero-order valence-corrected chi connectivity index (χ0v) is 14.3. The van der Waals surface area contributed by atoms with E-state index in [1.54, 1.807) is 0 Å². The van der Waals surface area contributed by atoms with E-state index in [9.17, 15) is 0 Å². The molecule has 1 aliphatic heterocycles. The molecule has 0 aromatic carbocycles. The predicted molar refractivity (Wildman–Crippen MR) is 89.3 cm³/mol. The summed E-state index contributed by atoms with van der Waals surface area (Å²) in [5.74, 6) is 3.01. The molecule has 20 heavy (non-hydrogen) atoms. The number of guanidine groups is 1. The average molecular weight is 390 g/mol. The number of hydrogen-bond donors (Lipinski definition) is 2. The van der Waals surface area contributed by atoms with Gasteiger partial charge >= 0.3 is 0 Å². The van der Waals surface area contributed by atoms with Crippen molar-refractivity contribution in [2.24, 2.45) is 4.99 Å². The highest BCUT2D eigenvalue weighted by molar-refractivity contribution is 14.0. The highest BCUT2D eigenvalue weighted by Gasteiger charge is 2.22. The summed E-state index contributed by atoms with van der Waals surface area (Å²) in [7, 11) is 0. The van der Waals surface area contributed by atoms with Crippen molar-refractivity contribution >= 4 is 29.9 Å². The van der Waals surface area contributed by atoms with Crippen LogP contribution in [0.2, 0.25) is 0 Å². The quantitative estimate of drug-likeness (QED) is 0.464. The molecule has 0 radical (unpaired) electrons. The number of halogens is 1. The number of aryl methyl sites for hydroxylation is 1. The van der Waals surface area contributed by atoms with E-state index < -0.39 is 0 Å². The van der Waals surface area contributed by atoms with Crippen molar-refractivity contribution in [2.45, 2.75) is 58.2 Å². The summed E-state index contributed by atoms with van der Waals surface area (Å²) in [6.45, 7) is 4.62. The van der Waals surface area contributed by atoms with Crippen LogP contribution in [-0.4, -0.2) is 33.3 Å². The lowest BCUT2D eigenvalue weighted by Crippen LogP contribution is -2.38. The molecule has 0 saturated heterocycles. The molecule has 2 N–H and O–H groups in total. The van der Waals surface area contributed by atoms with Gasteiger partial charge < -0.3 is 15.2 Å². The fourth-order valence-corrected chi connectivity index (χ4v) is 2.38. The summed E-state index contributed by atoms with van der Waals surface area (Å²) >= 11 is 0. The van der Waals surface area contributed by atoms with Gasteiger partial charge in [0.05, 0.1) is 0 Å². The third kappa shape index (κ3) is 3.83. The molecule has 1 saturated carbocycles. The Morgan fingerprint density at radius 1 is 1.35 bits per heavy atom. The molecule has 112 valence electrons. The number of aromatic nitrogens is 3.